The third-order valence-electron chi connectivity index (χ3n) is 6.63. The second kappa shape index (κ2) is 8.91. The van der Waals surface area contributed by atoms with Gasteiger partial charge in [-0.15, -0.1) is 0 Å². The summed E-state index contributed by atoms with van der Waals surface area (Å²) in [5.74, 6) is 0.358. The minimum atomic E-state index is -1.20. The Morgan fingerprint density at radius 2 is 1.78 bits per heavy atom. The van der Waals surface area contributed by atoms with Crippen molar-refractivity contribution in [2.75, 3.05) is 0 Å². The van der Waals surface area contributed by atoms with Crippen LogP contribution in [0.3, 0.4) is 0 Å². The average molecular weight is 505 g/mol. The van der Waals surface area contributed by atoms with E-state index in [1.807, 2.05) is 19.9 Å². The van der Waals surface area contributed by atoms with Crippen LogP contribution in [0.4, 0.5) is 4.39 Å². The SMILES string of the molecule is Cc1cnc(-c2ccnc(C(C)(C)O)n2)cc1-n1c(C)cc([C@@H]2C[C@H]2c2ccc(F)cc2)c(Cl)c1=O. The third kappa shape index (κ3) is 4.45. The molecule has 1 aromatic carbocycles. The lowest BCUT2D eigenvalue weighted by Crippen LogP contribution is -2.23. The molecule has 8 heteroatoms. The predicted octanol–water partition coefficient (Wildman–Crippen LogP) is 5.60. The Labute approximate surface area is 213 Å². The fraction of sp³-hybridized carbons (Fsp3) is 0.286. The molecule has 4 aromatic rings. The summed E-state index contributed by atoms with van der Waals surface area (Å²) in [6.07, 6.45) is 4.13. The van der Waals surface area contributed by atoms with Crippen LogP contribution in [-0.4, -0.2) is 24.6 Å². The molecule has 184 valence electrons. The number of halogens is 2. The molecule has 1 saturated carbocycles. The van der Waals surface area contributed by atoms with Gasteiger partial charge in [-0.3, -0.25) is 14.3 Å². The Hall–Kier alpha value is -3.42. The molecule has 2 atom stereocenters. The van der Waals surface area contributed by atoms with E-state index in [1.165, 1.54) is 12.1 Å². The second-order valence-electron chi connectivity index (χ2n) is 9.88. The lowest BCUT2D eigenvalue weighted by Gasteiger charge is -2.17. The van der Waals surface area contributed by atoms with E-state index in [1.54, 1.807) is 55.1 Å². The van der Waals surface area contributed by atoms with Crippen LogP contribution in [0.2, 0.25) is 5.02 Å². The minimum absolute atomic E-state index is 0.124. The molecule has 1 aliphatic rings. The standard InChI is InChI=1S/C28H26ClFN4O2/c1-15-14-32-23(22-9-10-31-27(33-22)28(3,4)36)13-24(15)34-16(2)11-21(25(29)26(34)35)20-12-19(20)17-5-7-18(30)8-6-17/h5-11,13-14,19-20,36H,12H2,1-4H3/t19-,20+/m0/s1. The van der Waals surface area contributed by atoms with Gasteiger partial charge in [0.05, 0.1) is 17.1 Å². The van der Waals surface area contributed by atoms with Gasteiger partial charge in [-0.1, -0.05) is 23.7 Å². The van der Waals surface area contributed by atoms with Gasteiger partial charge in [0.25, 0.3) is 5.56 Å². The Morgan fingerprint density at radius 1 is 1.06 bits per heavy atom. The molecule has 1 N–H and O–H groups in total. The lowest BCUT2D eigenvalue weighted by molar-refractivity contribution is 0.0688. The fourth-order valence-corrected chi connectivity index (χ4v) is 4.89. The number of nitrogens with zero attached hydrogens (tertiary/aromatic N) is 4. The number of pyridine rings is 2. The van der Waals surface area contributed by atoms with Crippen LogP contribution in [0, 0.1) is 19.7 Å². The zero-order chi connectivity index (χ0) is 25.8. The molecule has 0 bridgehead atoms. The van der Waals surface area contributed by atoms with Crippen LogP contribution in [-0.2, 0) is 5.60 Å². The highest BCUT2D eigenvalue weighted by Crippen LogP contribution is 2.55. The quantitative estimate of drug-likeness (QED) is 0.383. The zero-order valence-corrected chi connectivity index (χ0v) is 21.2. The van der Waals surface area contributed by atoms with Crippen molar-refractivity contribution in [2.45, 2.75) is 51.6 Å². The maximum atomic E-state index is 13.5. The van der Waals surface area contributed by atoms with E-state index in [9.17, 15) is 14.3 Å². The van der Waals surface area contributed by atoms with Crippen LogP contribution in [0.5, 0.6) is 0 Å². The smallest absolute Gasteiger partial charge is 0.274 e. The number of benzene rings is 1. The number of hydrogen-bond acceptors (Lipinski definition) is 5. The van der Waals surface area contributed by atoms with E-state index in [-0.39, 0.29) is 34.1 Å². The van der Waals surface area contributed by atoms with Crippen LogP contribution in [0.25, 0.3) is 17.1 Å². The molecule has 0 radical (unpaired) electrons. The van der Waals surface area contributed by atoms with Crippen LogP contribution < -0.4 is 5.56 Å². The summed E-state index contributed by atoms with van der Waals surface area (Å²) in [4.78, 5) is 26.6. The van der Waals surface area contributed by atoms with Gasteiger partial charge in [-0.2, -0.15) is 0 Å². The van der Waals surface area contributed by atoms with Crippen molar-refractivity contribution >= 4 is 11.6 Å². The topological polar surface area (TPSA) is 80.9 Å². The number of aromatic nitrogens is 4. The molecule has 6 nitrogen and oxygen atoms in total. The molecule has 0 unspecified atom stereocenters. The van der Waals surface area contributed by atoms with Crippen molar-refractivity contribution in [1.82, 2.24) is 19.5 Å². The normalized spacial score (nSPS) is 17.3. The maximum Gasteiger partial charge on any atom is 0.274 e. The number of aryl methyl sites for hydroxylation is 2. The first-order valence-corrected chi connectivity index (χ1v) is 12.1. The van der Waals surface area contributed by atoms with E-state index in [2.05, 4.69) is 15.0 Å². The number of aliphatic hydroxyl groups is 1. The van der Waals surface area contributed by atoms with E-state index in [0.29, 0.717) is 17.1 Å². The van der Waals surface area contributed by atoms with Gasteiger partial charge >= 0.3 is 0 Å². The van der Waals surface area contributed by atoms with Gasteiger partial charge in [-0.05, 0) is 93.0 Å². The molecule has 36 heavy (non-hydrogen) atoms. The van der Waals surface area contributed by atoms with Crippen molar-refractivity contribution in [3.8, 4) is 17.1 Å². The third-order valence-corrected chi connectivity index (χ3v) is 7.01. The average Bonchev–Trinajstić information content (AvgIpc) is 3.63. The fourth-order valence-electron chi connectivity index (χ4n) is 4.61. The van der Waals surface area contributed by atoms with Crippen LogP contribution in [0.15, 0.2) is 59.7 Å². The van der Waals surface area contributed by atoms with Gasteiger partial charge in [0.15, 0.2) is 5.82 Å². The van der Waals surface area contributed by atoms with Gasteiger partial charge in [-0.25, -0.2) is 14.4 Å². The van der Waals surface area contributed by atoms with Gasteiger partial charge in [0.1, 0.15) is 16.4 Å². The van der Waals surface area contributed by atoms with E-state index in [4.69, 9.17) is 11.6 Å². The van der Waals surface area contributed by atoms with Crippen molar-refractivity contribution in [3.05, 3.63) is 104 Å². The zero-order valence-electron chi connectivity index (χ0n) is 20.5. The summed E-state index contributed by atoms with van der Waals surface area (Å²) in [5.41, 5.74) is 3.68. The summed E-state index contributed by atoms with van der Waals surface area (Å²) in [7, 11) is 0. The maximum absolute atomic E-state index is 13.5. The summed E-state index contributed by atoms with van der Waals surface area (Å²) in [6.45, 7) is 7.00. The van der Waals surface area contributed by atoms with E-state index < -0.39 is 5.60 Å². The first-order valence-electron chi connectivity index (χ1n) is 11.8. The molecular weight excluding hydrogens is 479 g/mol. The largest absolute Gasteiger partial charge is 0.382 e. The van der Waals surface area contributed by atoms with E-state index >= 15 is 0 Å². The monoisotopic (exact) mass is 504 g/mol. The Bertz CT molecular complexity index is 1530. The predicted molar refractivity (Wildman–Crippen MR) is 137 cm³/mol. The van der Waals surface area contributed by atoms with Gasteiger partial charge in [0.2, 0.25) is 0 Å². The highest BCUT2D eigenvalue weighted by molar-refractivity contribution is 6.31. The summed E-state index contributed by atoms with van der Waals surface area (Å²) in [5, 5.41) is 10.5. The minimum Gasteiger partial charge on any atom is -0.382 e. The van der Waals surface area contributed by atoms with Crippen molar-refractivity contribution in [3.63, 3.8) is 0 Å². The first-order chi connectivity index (χ1) is 17.0. The molecule has 0 amide bonds. The Morgan fingerprint density at radius 3 is 2.47 bits per heavy atom. The summed E-state index contributed by atoms with van der Waals surface area (Å²) >= 11 is 6.66. The second-order valence-corrected chi connectivity index (χ2v) is 10.3. The summed E-state index contributed by atoms with van der Waals surface area (Å²) in [6, 6.07) is 12.0. The summed E-state index contributed by atoms with van der Waals surface area (Å²) < 4.78 is 14.9. The highest BCUT2D eigenvalue weighted by Gasteiger charge is 2.41. The number of rotatable bonds is 5. The lowest BCUT2D eigenvalue weighted by atomic mass is 10.0. The van der Waals surface area contributed by atoms with Gasteiger partial charge < -0.3 is 5.11 Å². The van der Waals surface area contributed by atoms with Gasteiger partial charge in [0, 0.05) is 18.1 Å². The molecule has 1 fully saturated rings. The van der Waals surface area contributed by atoms with Crippen LogP contribution >= 0.6 is 11.6 Å². The molecule has 3 aromatic heterocycles. The highest BCUT2D eigenvalue weighted by atomic mass is 35.5. The molecule has 1 aliphatic carbocycles. The molecule has 0 spiro atoms. The molecule has 3 heterocycles. The molecule has 5 rings (SSSR count). The van der Waals surface area contributed by atoms with Crippen LogP contribution in [0.1, 0.15) is 60.3 Å². The number of hydrogen-bond donors (Lipinski definition) is 1. The van der Waals surface area contributed by atoms with Crippen molar-refractivity contribution in [1.29, 1.82) is 0 Å². The first kappa shape index (κ1) is 24.3. The molecule has 0 aliphatic heterocycles. The van der Waals surface area contributed by atoms with E-state index in [0.717, 1.165) is 28.8 Å². The molecular formula is C28H26ClFN4O2. The molecule has 0 saturated heterocycles. The Kier molecular flexibility index (Phi) is 6.01. The van der Waals surface area contributed by atoms with Crippen molar-refractivity contribution < 1.29 is 9.50 Å². The van der Waals surface area contributed by atoms with Crippen molar-refractivity contribution in [2.24, 2.45) is 0 Å². The Balaban J connectivity index is 1.53.